The monoisotopic (exact) mass is 402 g/mol. The molecule has 0 aromatic heterocycles. The van der Waals surface area contributed by atoms with Crippen molar-refractivity contribution in [3.8, 4) is 0 Å². The molecular weight excluding hydrogens is 364 g/mol. The lowest BCUT2D eigenvalue weighted by Crippen LogP contribution is -2.49. The summed E-state index contributed by atoms with van der Waals surface area (Å²) in [6.45, 7) is 13.1. The first kappa shape index (κ1) is 24.5. The predicted octanol–water partition coefficient (Wildman–Crippen LogP) is 1.97. The van der Waals surface area contributed by atoms with Crippen molar-refractivity contribution < 1.29 is 23.8 Å². The molecule has 0 aromatic rings. The van der Waals surface area contributed by atoms with E-state index in [1.807, 2.05) is 39.8 Å². The molecule has 1 aliphatic heterocycles. The number of rotatable bonds is 7. The van der Waals surface area contributed by atoms with Crippen molar-refractivity contribution in [2.75, 3.05) is 40.3 Å². The van der Waals surface area contributed by atoms with Gasteiger partial charge in [0.2, 0.25) is 0 Å². The van der Waals surface area contributed by atoms with Crippen LogP contribution in [-0.4, -0.2) is 85.7 Å². The Morgan fingerprint density at radius 1 is 1.07 bits per heavy atom. The molecule has 0 unspecified atom stereocenters. The first-order chi connectivity index (χ1) is 12.8. The zero-order valence-corrected chi connectivity index (χ0v) is 18.6. The van der Waals surface area contributed by atoms with Crippen molar-refractivity contribution in [3.05, 3.63) is 0 Å². The van der Waals surface area contributed by atoms with Crippen LogP contribution in [0, 0.1) is 0 Å². The summed E-state index contributed by atoms with van der Waals surface area (Å²) in [4.78, 5) is 28.1. The Hall–Kier alpha value is -1.58. The first-order valence-corrected chi connectivity index (χ1v) is 9.74. The van der Waals surface area contributed by atoms with Crippen LogP contribution in [-0.2, 0) is 14.2 Å². The Labute approximate surface area is 169 Å². The van der Waals surface area contributed by atoms with Crippen molar-refractivity contribution in [1.29, 1.82) is 0 Å². The number of hydrogen-bond donors (Lipinski definition) is 2. The van der Waals surface area contributed by atoms with E-state index in [1.165, 1.54) is 0 Å². The molecule has 28 heavy (non-hydrogen) atoms. The van der Waals surface area contributed by atoms with Gasteiger partial charge in [-0.05, 0) is 62.1 Å². The van der Waals surface area contributed by atoms with Gasteiger partial charge in [-0.3, -0.25) is 5.43 Å². The van der Waals surface area contributed by atoms with Gasteiger partial charge in [0, 0.05) is 13.1 Å². The third-order valence-corrected chi connectivity index (χ3v) is 3.82. The Bertz CT molecular complexity index is 513. The molecular formula is C19H38N4O5. The van der Waals surface area contributed by atoms with Crippen molar-refractivity contribution in [2.24, 2.45) is 0 Å². The Kier molecular flexibility index (Phi) is 8.97. The van der Waals surface area contributed by atoms with Crippen LogP contribution in [0.1, 0.15) is 48.0 Å². The molecule has 2 amide bonds. The van der Waals surface area contributed by atoms with Gasteiger partial charge < -0.3 is 24.0 Å². The lowest BCUT2D eigenvalue weighted by molar-refractivity contribution is 0.0156. The van der Waals surface area contributed by atoms with Crippen LogP contribution in [0.25, 0.3) is 0 Å². The number of likely N-dealkylation sites (N-methyl/N-ethyl adjacent to an activating group) is 1. The van der Waals surface area contributed by atoms with Gasteiger partial charge in [-0.2, -0.15) is 0 Å². The average Bonchev–Trinajstić information content (AvgIpc) is 2.86. The van der Waals surface area contributed by atoms with E-state index in [0.717, 1.165) is 6.54 Å². The molecule has 0 radical (unpaired) electrons. The summed E-state index contributed by atoms with van der Waals surface area (Å²) >= 11 is 0. The zero-order valence-electron chi connectivity index (χ0n) is 18.6. The molecule has 1 aliphatic rings. The largest absolute Gasteiger partial charge is 0.444 e. The van der Waals surface area contributed by atoms with Crippen molar-refractivity contribution in [3.63, 3.8) is 0 Å². The summed E-state index contributed by atoms with van der Waals surface area (Å²) in [5.74, 6) is 0. The van der Waals surface area contributed by atoms with Gasteiger partial charge in [0.15, 0.2) is 0 Å². The molecule has 2 N–H and O–H groups in total. The van der Waals surface area contributed by atoms with Crippen LogP contribution < -0.4 is 10.9 Å². The van der Waals surface area contributed by atoms with Crippen molar-refractivity contribution in [2.45, 2.75) is 71.3 Å². The molecule has 9 nitrogen and oxygen atoms in total. The highest BCUT2D eigenvalue weighted by atomic mass is 16.6. The quantitative estimate of drug-likeness (QED) is 0.629. The number of carbonyl (C=O) groups is 2. The second kappa shape index (κ2) is 10.3. The van der Waals surface area contributed by atoms with E-state index in [1.54, 1.807) is 25.7 Å². The fraction of sp³-hybridized carbons (Fsp3) is 0.895. The molecule has 0 aliphatic carbocycles. The fourth-order valence-electron chi connectivity index (χ4n) is 2.68. The predicted molar refractivity (Wildman–Crippen MR) is 107 cm³/mol. The van der Waals surface area contributed by atoms with Crippen molar-refractivity contribution >= 4 is 12.2 Å². The minimum atomic E-state index is -0.576. The maximum atomic E-state index is 12.6. The molecule has 0 aromatic carbocycles. The molecule has 1 fully saturated rings. The second-order valence-corrected chi connectivity index (χ2v) is 9.33. The fourth-order valence-corrected chi connectivity index (χ4v) is 2.68. The van der Waals surface area contributed by atoms with E-state index < -0.39 is 17.3 Å². The van der Waals surface area contributed by atoms with Gasteiger partial charge in [0.05, 0.1) is 25.3 Å². The van der Waals surface area contributed by atoms with Crippen molar-refractivity contribution in [1.82, 2.24) is 20.7 Å². The van der Waals surface area contributed by atoms with E-state index >= 15 is 0 Å². The minimum absolute atomic E-state index is 0.0687. The number of carbonyl (C=O) groups excluding carboxylic acids is 2. The Morgan fingerprint density at radius 3 is 2.21 bits per heavy atom. The van der Waals surface area contributed by atoms with Crippen LogP contribution >= 0.6 is 0 Å². The molecule has 0 saturated carbocycles. The van der Waals surface area contributed by atoms with Gasteiger partial charge in [-0.25, -0.2) is 15.0 Å². The summed E-state index contributed by atoms with van der Waals surface area (Å²) in [5.41, 5.74) is 4.21. The molecule has 0 spiro atoms. The van der Waals surface area contributed by atoms with Crippen LogP contribution in [0.5, 0.6) is 0 Å². The number of likely N-dealkylation sites (tertiary alicyclic amines) is 1. The Balaban J connectivity index is 2.60. The smallest absolute Gasteiger partial charge is 0.422 e. The van der Waals surface area contributed by atoms with Crippen LogP contribution in [0.3, 0.4) is 0 Å². The summed E-state index contributed by atoms with van der Waals surface area (Å²) in [5, 5.41) is 0. The van der Waals surface area contributed by atoms with E-state index in [4.69, 9.17) is 14.2 Å². The third-order valence-electron chi connectivity index (χ3n) is 3.82. The standard InChI is InChI=1S/C19H38N4O5/c1-18(2,3)27-16(24)21-20-12-14-11-15(26-10-9-22(7)8)13-23(14)17(25)28-19(4,5)6/h14-15,20H,9-13H2,1-8H3,(H,21,24)/t14-,15+/m0/s1. The zero-order chi connectivity index (χ0) is 21.5. The van der Waals surface area contributed by atoms with Crippen LogP contribution in [0.2, 0.25) is 0 Å². The number of hydrazine groups is 1. The van der Waals surface area contributed by atoms with Crippen LogP contribution in [0.15, 0.2) is 0 Å². The molecule has 1 heterocycles. The summed E-state index contributed by atoms with van der Waals surface area (Å²) in [6.07, 6.45) is -0.348. The summed E-state index contributed by atoms with van der Waals surface area (Å²) < 4.78 is 16.6. The maximum absolute atomic E-state index is 12.6. The summed E-state index contributed by atoms with van der Waals surface area (Å²) in [6, 6.07) is -0.158. The minimum Gasteiger partial charge on any atom is -0.444 e. The highest BCUT2D eigenvalue weighted by Crippen LogP contribution is 2.23. The number of nitrogens with one attached hydrogen (secondary N) is 2. The van der Waals surface area contributed by atoms with E-state index in [9.17, 15) is 9.59 Å². The molecule has 2 atom stereocenters. The van der Waals surface area contributed by atoms with Gasteiger partial charge in [-0.15, -0.1) is 0 Å². The van der Waals surface area contributed by atoms with E-state index in [2.05, 4.69) is 10.9 Å². The average molecular weight is 403 g/mol. The molecule has 9 heteroatoms. The number of ether oxygens (including phenoxy) is 3. The molecule has 1 rings (SSSR count). The highest BCUT2D eigenvalue weighted by molar-refractivity contribution is 5.69. The molecule has 164 valence electrons. The lowest BCUT2D eigenvalue weighted by atomic mass is 10.2. The van der Waals surface area contributed by atoms with E-state index in [-0.39, 0.29) is 18.2 Å². The van der Waals surface area contributed by atoms with Crippen LogP contribution in [0.4, 0.5) is 9.59 Å². The SMILES string of the molecule is CN(C)CCO[C@@H]1C[C@@H](CNNC(=O)OC(C)(C)C)N(C(=O)OC(C)(C)C)C1. The first-order valence-electron chi connectivity index (χ1n) is 9.74. The van der Waals surface area contributed by atoms with E-state index in [0.29, 0.717) is 26.1 Å². The van der Waals surface area contributed by atoms with Gasteiger partial charge >= 0.3 is 12.2 Å². The normalized spacial score (nSPS) is 20.4. The number of amides is 2. The highest BCUT2D eigenvalue weighted by Gasteiger charge is 2.38. The lowest BCUT2D eigenvalue weighted by Gasteiger charge is -2.28. The topological polar surface area (TPSA) is 92.4 Å². The number of nitrogens with zero attached hydrogens (tertiary/aromatic N) is 2. The Morgan fingerprint density at radius 2 is 1.68 bits per heavy atom. The third kappa shape index (κ3) is 10.1. The molecule has 0 bridgehead atoms. The van der Waals surface area contributed by atoms with Gasteiger partial charge in [0.25, 0.3) is 0 Å². The number of hydrogen-bond acceptors (Lipinski definition) is 7. The van der Waals surface area contributed by atoms with Gasteiger partial charge in [0.1, 0.15) is 11.2 Å². The summed E-state index contributed by atoms with van der Waals surface area (Å²) in [7, 11) is 3.97. The van der Waals surface area contributed by atoms with Gasteiger partial charge in [-0.1, -0.05) is 0 Å². The maximum Gasteiger partial charge on any atom is 0.422 e. The molecule has 1 saturated heterocycles. The second-order valence-electron chi connectivity index (χ2n) is 9.33.